The summed E-state index contributed by atoms with van der Waals surface area (Å²) >= 11 is 3.33. The summed E-state index contributed by atoms with van der Waals surface area (Å²) in [5.74, 6) is 0.837. The highest BCUT2D eigenvalue weighted by Crippen LogP contribution is 2.30. The molecule has 1 aromatic carbocycles. The van der Waals surface area contributed by atoms with Gasteiger partial charge in [-0.25, -0.2) is 0 Å². The summed E-state index contributed by atoms with van der Waals surface area (Å²) in [6, 6.07) is 7.81. The summed E-state index contributed by atoms with van der Waals surface area (Å²) in [7, 11) is 0. The monoisotopic (exact) mass is 272 g/mol. The predicted octanol–water partition coefficient (Wildman–Crippen LogP) is 2.51. The van der Waals surface area contributed by atoms with E-state index >= 15 is 0 Å². The SMILES string of the molecule is BrCCOc1ccccc1C1OCCO1. The Morgan fingerprint density at radius 3 is 2.73 bits per heavy atom. The second-order valence-corrected chi connectivity index (χ2v) is 3.94. The highest BCUT2D eigenvalue weighted by atomic mass is 79.9. The standard InChI is InChI=1S/C11H13BrO3/c12-5-6-13-10-4-2-1-3-9(10)11-14-7-8-15-11/h1-4,11H,5-8H2. The number of hydrogen-bond donors (Lipinski definition) is 0. The summed E-state index contributed by atoms with van der Waals surface area (Å²) in [4.78, 5) is 0. The molecule has 3 nitrogen and oxygen atoms in total. The Bertz CT molecular complexity index is 310. The fourth-order valence-corrected chi connectivity index (χ4v) is 1.66. The summed E-state index contributed by atoms with van der Waals surface area (Å²) in [5.41, 5.74) is 0.968. The fraction of sp³-hybridized carbons (Fsp3) is 0.455. The largest absolute Gasteiger partial charge is 0.492 e. The molecule has 1 aromatic rings. The van der Waals surface area contributed by atoms with E-state index in [0.29, 0.717) is 19.8 Å². The van der Waals surface area contributed by atoms with Gasteiger partial charge in [0.25, 0.3) is 0 Å². The van der Waals surface area contributed by atoms with Crippen molar-refractivity contribution in [3.63, 3.8) is 0 Å². The third kappa shape index (κ3) is 2.71. The second kappa shape index (κ2) is 5.49. The molecule has 0 aromatic heterocycles. The van der Waals surface area contributed by atoms with Crippen molar-refractivity contribution in [1.82, 2.24) is 0 Å². The number of hydrogen-bond acceptors (Lipinski definition) is 3. The Labute approximate surface area is 97.5 Å². The van der Waals surface area contributed by atoms with Gasteiger partial charge in [-0.1, -0.05) is 34.1 Å². The molecule has 0 amide bonds. The van der Waals surface area contributed by atoms with Gasteiger partial charge in [0.05, 0.1) is 19.8 Å². The molecule has 0 bridgehead atoms. The third-order valence-electron chi connectivity index (χ3n) is 2.13. The van der Waals surface area contributed by atoms with Crippen molar-refractivity contribution in [3.05, 3.63) is 29.8 Å². The molecule has 2 rings (SSSR count). The maximum atomic E-state index is 5.59. The zero-order valence-electron chi connectivity index (χ0n) is 8.32. The lowest BCUT2D eigenvalue weighted by Crippen LogP contribution is -2.05. The van der Waals surface area contributed by atoms with E-state index < -0.39 is 0 Å². The van der Waals surface area contributed by atoms with E-state index in [2.05, 4.69) is 15.9 Å². The molecule has 0 saturated carbocycles. The van der Waals surface area contributed by atoms with Gasteiger partial charge in [0.1, 0.15) is 5.75 Å². The zero-order valence-corrected chi connectivity index (χ0v) is 9.90. The van der Waals surface area contributed by atoms with Crippen LogP contribution in [-0.4, -0.2) is 25.2 Å². The molecule has 1 fully saturated rings. The van der Waals surface area contributed by atoms with E-state index in [-0.39, 0.29) is 6.29 Å². The van der Waals surface area contributed by atoms with E-state index in [1.54, 1.807) is 0 Å². The van der Waals surface area contributed by atoms with Crippen LogP contribution in [0.15, 0.2) is 24.3 Å². The van der Waals surface area contributed by atoms with Crippen LogP contribution in [0.5, 0.6) is 5.75 Å². The predicted molar refractivity (Wildman–Crippen MR) is 60.4 cm³/mol. The maximum Gasteiger partial charge on any atom is 0.187 e. The molecule has 4 heteroatoms. The van der Waals surface area contributed by atoms with Gasteiger partial charge in [0.2, 0.25) is 0 Å². The van der Waals surface area contributed by atoms with Gasteiger partial charge in [-0.05, 0) is 6.07 Å². The Morgan fingerprint density at radius 2 is 2.00 bits per heavy atom. The normalized spacial score (nSPS) is 16.9. The molecule has 0 aliphatic carbocycles. The van der Waals surface area contributed by atoms with E-state index in [0.717, 1.165) is 16.6 Å². The third-order valence-corrected chi connectivity index (χ3v) is 2.45. The van der Waals surface area contributed by atoms with Crippen LogP contribution in [0.3, 0.4) is 0 Å². The number of para-hydroxylation sites is 1. The van der Waals surface area contributed by atoms with Crippen LogP contribution in [0.4, 0.5) is 0 Å². The van der Waals surface area contributed by atoms with E-state index in [1.807, 2.05) is 24.3 Å². The average molecular weight is 273 g/mol. The van der Waals surface area contributed by atoms with Crippen LogP contribution in [0, 0.1) is 0 Å². The first kappa shape index (κ1) is 10.9. The van der Waals surface area contributed by atoms with Gasteiger partial charge >= 0.3 is 0 Å². The Hall–Kier alpha value is -0.580. The summed E-state index contributed by atoms with van der Waals surface area (Å²) in [5, 5.41) is 0.813. The maximum absolute atomic E-state index is 5.59. The number of alkyl halides is 1. The van der Waals surface area contributed by atoms with Crippen molar-refractivity contribution >= 4 is 15.9 Å². The molecule has 0 radical (unpaired) electrons. The first-order chi connectivity index (χ1) is 7.42. The molecule has 1 saturated heterocycles. The minimum atomic E-state index is -0.267. The van der Waals surface area contributed by atoms with Crippen molar-refractivity contribution in [2.75, 3.05) is 25.2 Å². The molecule has 0 spiro atoms. The van der Waals surface area contributed by atoms with Crippen molar-refractivity contribution in [2.24, 2.45) is 0 Å². The first-order valence-electron chi connectivity index (χ1n) is 4.92. The van der Waals surface area contributed by atoms with Crippen LogP contribution in [0.1, 0.15) is 11.9 Å². The van der Waals surface area contributed by atoms with Crippen LogP contribution < -0.4 is 4.74 Å². The first-order valence-corrected chi connectivity index (χ1v) is 6.05. The van der Waals surface area contributed by atoms with Crippen molar-refractivity contribution in [2.45, 2.75) is 6.29 Å². The molecule has 1 aliphatic rings. The summed E-state index contributed by atoms with van der Waals surface area (Å²) < 4.78 is 16.5. The minimum absolute atomic E-state index is 0.267. The smallest absolute Gasteiger partial charge is 0.187 e. The van der Waals surface area contributed by atoms with Gasteiger partial charge in [0, 0.05) is 10.9 Å². The second-order valence-electron chi connectivity index (χ2n) is 3.15. The van der Waals surface area contributed by atoms with Crippen molar-refractivity contribution < 1.29 is 14.2 Å². The van der Waals surface area contributed by atoms with Crippen molar-refractivity contribution in [1.29, 1.82) is 0 Å². The van der Waals surface area contributed by atoms with Crippen LogP contribution in [0.2, 0.25) is 0 Å². The zero-order chi connectivity index (χ0) is 10.5. The number of benzene rings is 1. The molecular weight excluding hydrogens is 260 g/mol. The van der Waals surface area contributed by atoms with Gasteiger partial charge in [-0.2, -0.15) is 0 Å². The molecule has 0 N–H and O–H groups in total. The molecule has 0 atom stereocenters. The molecule has 0 unspecified atom stereocenters. The molecule has 15 heavy (non-hydrogen) atoms. The lowest BCUT2D eigenvalue weighted by molar-refractivity contribution is -0.0456. The van der Waals surface area contributed by atoms with E-state index in [1.165, 1.54) is 0 Å². The Balaban J connectivity index is 2.13. The minimum Gasteiger partial charge on any atom is -0.492 e. The van der Waals surface area contributed by atoms with E-state index in [9.17, 15) is 0 Å². The fourth-order valence-electron chi connectivity index (χ4n) is 1.49. The van der Waals surface area contributed by atoms with Crippen molar-refractivity contribution in [3.8, 4) is 5.75 Å². The van der Waals surface area contributed by atoms with E-state index in [4.69, 9.17) is 14.2 Å². The van der Waals surface area contributed by atoms with Crippen LogP contribution in [0.25, 0.3) is 0 Å². The number of rotatable bonds is 4. The lowest BCUT2D eigenvalue weighted by atomic mass is 10.2. The Kier molecular flexibility index (Phi) is 4.00. The summed E-state index contributed by atoms with van der Waals surface area (Å²) in [6.07, 6.45) is -0.267. The topological polar surface area (TPSA) is 27.7 Å². The average Bonchev–Trinajstić information content (AvgIpc) is 2.80. The van der Waals surface area contributed by atoms with Gasteiger partial charge < -0.3 is 14.2 Å². The summed E-state index contributed by atoms with van der Waals surface area (Å²) in [6.45, 7) is 1.94. The number of ether oxygens (including phenoxy) is 3. The number of halogens is 1. The highest BCUT2D eigenvalue weighted by molar-refractivity contribution is 9.09. The highest BCUT2D eigenvalue weighted by Gasteiger charge is 2.21. The molecule has 1 aliphatic heterocycles. The quantitative estimate of drug-likeness (QED) is 0.789. The van der Waals surface area contributed by atoms with Gasteiger partial charge in [-0.3, -0.25) is 0 Å². The lowest BCUT2D eigenvalue weighted by Gasteiger charge is -2.14. The van der Waals surface area contributed by atoms with Gasteiger partial charge in [0.15, 0.2) is 6.29 Å². The van der Waals surface area contributed by atoms with Crippen LogP contribution in [-0.2, 0) is 9.47 Å². The molecule has 82 valence electrons. The van der Waals surface area contributed by atoms with Gasteiger partial charge in [-0.15, -0.1) is 0 Å². The van der Waals surface area contributed by atoms with Crippen LogP contribution >= 0.6 is 15.9 Å². The molecule has 1 heterocycles. The molecular formula is C11H13BrO3. The Morgan fingerprint density at radius 1 is 1.27 bits per heavy atom.